The molecule has 0 spiro atoms. The molecule has 2 atom stereocenters. The number of rotatable bonds is 8. The Hall–Kier alpha value is -2.84. The largest absolute Gasteiger partial charge is 0.321 e. The van der Waals surface area contributed by atoms with Crippen molar-refractivity contribution in [3.8, 4) is 0 Å². The fourth-order valence-corrected chi connectivity index (χ4v) is 4.47. The molecule has 2 aliphatic rings. The standard InChI is InChI=1S/C24H28N2O6/c1-9(2)5-15(25)23(31)17-19(27)11-7-13-14(8-12(11)20(17)28)22(30)18(21(13)29)24(32)16(26)6-10(3)4/h7-10,15-18H,5-6,25-26H2,1-4H3/t15-,16-,17?,18?/m0/s1. The van der Waals surface area contributed by atoms with Crippen molar-refractivity contribution in [2.75, 3.05) is 0 Å². The van der Waals surface area contributed by atoms with E-state index in [1.807, 2.05) is 27.7 Å². The van der Waals surface area contributed by atoms with Gasteiger partial charge >= 0.3 is 0 Å². The Balaban J connectivity index is 1.93. The maximum absolute atomic E-state index is 12.9. The van der Waals surface area contributed by atoms with Gasteiger partial charge in [0.15, 0.2) is 34.7 Å². The monoisotopic (exact) mass is 440 g/mol. The molecular weight excluding hydrogens is 412 g/mol. The van der Waals surface area contributed by atoms with E-state index in [2.05, 4.69) is 0 Å². The second-order valence-corrected chi connectivity index (χ2v) is 9.54. The third-order valence-corrected chi connectivity index (χ3v) is 6.02. The van der Waals surface area contributed by atoms with Gasteiger partial charge in [0.25, 0.3) is 0 Å². The summed E-state index contributed by atoms with van der Waals surface area (Å²) >= 11 is 0. The van der Waals surface area contributed by atoms with Gasteiger partial charge in [-0.3, -0.25) is 28.8 Å². The normalized spacial score (nSPS) is 18.5. The molecule has 0 bridgehead atoms. The molecule has 3 rings (SSSR count). The number of benzene rings is 1. The number of nitrogens with two attached hydrogens (primary N) is 2. The SMILES string of the molecule is CC(C)C[C@H](N)C(=O)C1C(=O)c2cc3c(cc2C1=O)C(=O)C(C(=O)[C@@H](N)CC(C)C)C3=O. The quantitative estimate of drug-likeness (QED) is 0.577. The molecule has 32 heavy (non-hydrogen) atoms. The van der Waals surface area contributed by atoms with Crippen molar-refractivity contribution in [1.82, 2.24) is 0 Å². The van der Waals surface area contributed by atoms with Gasteiger partial charge in [0.2, 0.25) is 0 Å². The van der Waals surface area contributed by atoms with Gasteiger partial charge in [-0.25, -0.2) is 0 Å². The van der Waals surface area contributed by atoms with Gasteiger partial charge in [0.1, 0.15) is 11.8 Å². The molecule has 1 aromatic rings. The predicted molar refractivity (Wildman–Crippen MR) is 116 cm³/mol. The van der Waals surface area contributed by atoms with Gasteiger partial charge < -0.3 is 11.5 Å². The summed E-state index contributed by atoms with van der Waals surface area (Å²) < 4.78 is 0. The van der Waals surface area contributed by atoms with Crippen molar-refractivity contribution >= 4 is 34.7 Å². The van der Waals surface area contributed by atoms with Crippen molar-refractivity contribution in [3.63, 3.8) is 0 Å². The summed E-state index contributed by atoms with van der Waals surface area (Å²) in [5.41, 5.74) is 11.4. The summed E-state index contributed by atoms with van der Waals surface area (Å²) in [7, 11) is 0. The van der Waals surface area contributed by atoms with Crippen molar-refractivity contribution < 1.29 is 28.8 Å². The maximum Gasteiger partial charge on any atom is 0.181 e. The van der Waals surface area contributed by atoms with E-state index in [4.69, 9.17) is 11.5 Å². The van der Waals surface area contributed by atoms with Gasteiger partial charge in [0, 0.05) is 22.3 Å². The lowest BCUT2D eigenvalue weighted by Crippen LogP contribution is -2.41. The van der Waals surface area contributed by atoms with Crippen LogP contribution >= 0.6 is 0 Å². The van der Waals surface area contributed by atoms with Crippen molar-refractivity contribution in [2.45, 2.75) is 52.6 Å². The van der Waals surface area contributed by atoms with E-state index in [-0.39, 0.29) is 34.1 Å². The minimum absolute atomic E-state index is 0.0930. The third kappa shape index (κ3) is 3.89. The highest BCUT2D eigenvalue weighted by Gasteiger charge is 2.50. The van der Waals surface area contributed by atoms with Gasteiger partial charge in [-0.15, -0.1) is 0 Å². The van der Waals surface area contributed by atoms with Gasteiger partial charge in [-0.05, 0) is 36.8 Å². The molecule has 4 N–H and O–H groups in total. The number of Topliss-reactive ketones (excluding diaryl/α,β-unsaturated/α-hetero) is 6. The van der Waals surface area contributed by atoms with Gasteiger partial charge in [0.05, 0.1) is 12.1 Å². The van der Waals surface area contributed by atoms with Crippen LogP contribution in [0.25, 0.3) is 0 Å². The Morgan fingerprint density at radius 1 is 0.656 bits per heavy atom. The fourth-order valence-electron chi connectivity index (χ4n) is 4.47. The Kier molecular flexibility index (Phi) is 6.40. The maximum atomic E-state index is 12.9. The van der Waals surface area contributed by atoms with Crippen LogP contribution in [0.1, 0.15) is 82.0 Å². The lowest BCUT2D eigenvalue weighted by Gasteiger charge is -2.15. The molecule has 0 unspecified atom stereocenters. The lowest BCUT2D eigenvalue weighted by molar-refractivity contribution is -0.122. The summed E-state index contributed by atoms with van der Waals surface area (Å²) in [6.45, 7) is 7.47. The van der Waals surface area contributed by atoms with Crippen molar-refractivity contribution in [1.29, 1.82) is 0 Å². The lowest BCUT2D eigenvalue weighted by atomic mass is 9.89. The number of ketones is 6. The van der Waals surface area contributed by atoms with Crippen LogP contribution < -0.4 is 11.5 Å². The summed E-state index contributed by atoms with van der Waals surface area (Å²) in [6.07, 6.45) is 0.639. The zero-order chi connectivity index (χ0) is 24.1. The third-order valence-electron chi connectivity index (χ3n) is 6.02. The predicted octanol–water partition coefficient (Wildman–Crippen LogP) is 1.56. The van der Waals surface area contributed by atoms with Gasteiger partial charge in [-0.2, -0.15) is 0 Å². The van der Waals surface area contributed by atoms with Crippen molar-refractivity contribution in [2.24, 2.45) is 35.1 Å². The Morgan fingerprint density at radius 3 is 1.12 bits per heavy atom. The van der Waals surface area contributed by atoms with Crippen LogP contribution in [0.2, 0.25) is 0 Å². The molecule has 8 nitrogen and oxygen atoms in total. The van der Waals surface area contributed by atoms with E-state index in [1.165, 1.54) is 0 Å². The zero-order valence-corrected chi connectivity index (χ0v) is 18.6. The first kappa shape index (κ1) is 23.8. The molecule has 8 heteroatoms. The highest BCUT2D eigenvalue weighted by atomic mass is 16.2. The van der Waals surface area contributed by atoms with E-state index in [9.17, 15) is 28.8 Å². The topological polar surface area (TPSA) is 154 Å². The number of fused-ring (bicyclic) bond motifs is 2. The molecule has 0 aliphatic heterocycles. The minimum Gasteiger partial charge on any atom is -0.321 e. The number of carbonyl (C=O) groups excluding carboxylic acids is 6. The number of hydrogen-bond donors (Lipinski definition) is 2. The molecule has 0 radical (unpaired) electrons. The second kappa shape index (κ2) is 8.60. The first-order chi connectivity index (χ1) is 14.9. The Labute approximate surface area is 186 Å². The van der Waals surface area contributed by atoms with Crippen LogP contribution in [0.5, 0.6) is 0 Å². The summed E-state index contributed by atoms with van der Waals surface area (Å²) in [5, 5.41) is 0. The summed E-state index contributed by atoms with van der Waals surface area (Å²) in [6, 6.07) is 0.380. The Bertz CT molecular complexity index is 921. The van der Waals surface area contributed by atoms with E-state index in [1.54, 1.807) is 0 Å². The molecule has 0 aromatic heterocycles. The van der Waals surface area contributed by atoms with Crippen LogP contribution in [-0.2, 0) is 9.59 Å². The summed E-state index contributed by atoms with van der Waals surface area (Å²) in [5.74, 6) is -7.21. The highest BCUT2D eigenvalue weighted by molar-refractivity contribution is 6.40. The molecule has 2 aliphatic carbocycles. The summed E-state index contributed by atoms with van der Waals surface area (Å²) in [4.78, 5) is 77.0. The minimum atomic E-state index is -1.57. The smallest absolute Gasteiger partial charge is 0.181 e. The first-order valence-electron chi connectivity index (χ1n) is 10.8. The average Bonchev–Trinajstić information content (AvgIpc) is 3.09. The molecule has 0 saturated heterocycles. The Morgan fingerprint density at radius 2 is 0.906 bits per heavy atom. The zero-order valence-electron chi connectivity index (χ0n) is 18.6. The van der Waals surface area contributed by atoms with E-state index in [0.717, 1.165) is 12.1 Å². The highest BCUT2D eigenvalue weighted by Crippen LogP contribution is 2.36. The van der Waals surface area contributed by atoms with Crippen LogP contribution in [-0.4, -0.2) is 46.8 Å². The number of carbonyl (C=O) groups is 6. The fraction of sp³-hybridized carbons (Fsp3) is 0.500. The van der Waals surface area contributed by atoms with Crippen LogP contribution in [0, 0.1) is 23.7 Å². The van der Waals surface area contributed by atoms with E-state index < -0.39 is 58.6 Å². The molecule has 0 saturated carbocycles. The van der Waals surface area contributed by atoms with E-state index >= 15 is 0 Å². The average molecular weight is 440 g/mol. The van der Waals surface area contributed by atoms with Crippen LogP contribution in [0.15, 0.2) is 12.1 Å². The first-order valence-corrected chi connectivity index (χ1v) is 10.8. The van der Waals surface area contributed by atoms with Gasteiger partial charge in [-0.1, -0.05) is 27.7 Å². The van der Waals surface area contributed by atoms with Crippen LogP contribution in [0.4, 0.5) is 0 Å². The molecule has 0 amide bonds. The van der Waals surface area contributed by atoms with Crippen molar-refractivity contribution in [3.05, 3.63) is 34.4 Å². The second-order valence-electron chi connectivity index (χ2n) is 9.54. The van der Waals surface area contributed by atoms with E-state index in [0.29, 0.717) is 12.8 Å². The molecule has 0 heterocycles. The molecule has 0 fully saturated rings. The molecule has 170 valence electrons. The molecular formula is C24H28N2O6. The van der Waals surface area contributed by atoms with Crippen LogP contribution in [0.3, 0.4) is 0 Å². The number of hydrogen-bond acceptors (Lipinski definition) is 8. The molecule has 1 aromatic carbocycles.